The highest BCUT2D eigenvalue weighted by Crippen LogP contribution is 2.20. The van der Waals surface area contributed by atoms with Crippen molar-refractivity contribution < 1.29 is 4.74 Å². The standard InChI is InChI=1S/C20H31N5O.HI/c1-4-5-6-7-12-26-19-13-16(2)8-9-17(19)14-22-20(21-3)23-15-18-10-11-24-25-18;/h8-11,13H,4-7,12,14-15H2,1-3H3,(H,24,25)(H2,21,22,23);1H. The molecule has 0 aliphatic rings. The van der Waals surface area contributed by atoms with Gasteiger partial charge in [-0.2, -0.15) is 5.10 Å². The fraction of sp³-hybridized carbons (Fsp3) is 0.500. The quantitative estimate of drug-likeness (QED) is 0.205. The minimum Gasteiger partial charge on any atom is -0.493 e. The summed E-state index contributed by atoms with van der Waals surface area (Å²) < 4.78 is 6.04. The van der Waals surface area contributed by atoms with Gasteiger partial charge in [0.2, 0.25) is 0 Å². The maximum Gasteiger partial charge on any atom is 0.191 e. The zero-order chi connectivity index (χ0) is 18.6. The van der Waals surface area contributed by atoms with E-state index < -0.39 is 0 Å². The Hall–Kier alpha value is -1.77. The second-order valence-corrected chi connectivity index (χ2v) is 6.38. The molecule has 2 rings (SSSR count). The van der Waals surface area contributed by atoms with Crippen molar-refractivity contribution in [3.8, 4) is 5.75 Å². The predicted molar refractivity (Wildman–Crippen MR) is 122 cm³/mol. The molecule has 1 heterocycles. The Morgan fingerprint density at radius 3 is 2.67 bits per heavy atom. The van der Waals surface area contributed by atoms with Crippen LogP contribution in [0.15, 0.2) is 35.5 Å². The van der Waals surface area contributed by atoms with E-state index in [1.54, 1.807) is 13.2 Å². The van der Waals surface area contributed by atoms with Gasteiger partial charge in [-0.15, -0.1) is 24.0 Å². The molecule has 0 spiro atoms. The molecule has 0 aliphatic heterocycles. The van der Waals surface area contributed by atoms with Gasteiger partial charge in [0.25, 0.3) is 0 Å². The summed E-state index contributed by atoms with van der Waals surface area (Å²) >= 11 is 0. The van der Waals surface area contributed by atoms with Crippen molar-refractivity contribution in [3.63, 3.8) is 0 Å². The number of guanidine groups is 1. The van der Waals surface area contributed by atoms with Gasteiger partial charge in [-0.1, -0.05) is 38.3 Å². The molecule has 0 saturated heterocycles. The summed E-state index contributed by atoms with van der Waals surface area (Å²) in [6.07, 6.45) is 6.57. The minimum absolute atomic E-state index is 0. The molecule has 1 aromatic carbocycles. The summed E-state index contributed by atoms with van der Waals surface area (Å²) in [5, 5.41) is 13.5. The van der Waals surface area contributed by atoms with Gasteiger partial charge in [0.15, 0.2) is 5.96 Å². The summed E-state index contributed by atoms with van der Waals surface area (Å²) in [5.41, 5.74) is 3.36. The zero-order valence-corrected chi connectivity index (χ0v) is 18.9. The SMILES string of the molecule is CCCCCCOc1cc(C)ccc1CNC(=NC)NCc1ccn[nH]1.I. The Kier molecular flexibility index (Phi) is 11.6. The molecular weight excluding hydrogens is 453 g/mol. The fourth-order valence-electron chi connectivity index (χ4n) is 2.61. The number of aromatic nitrogens is 2. The average Bonchev–Trinajstić information content (AvgIpc) is 3.16. The van der Waals surface area contributed by atoms with E-state index in [4.69, 9.17) is 4.74 Å². The van der Waals surface area contributed by atoms with E-state index in [0.29, 0.717) is 13.1 Å². The number of benzene rings is 1. The molecule has 0 aliphatic carbocycles. The van der Waals surface area contributed by atoms with Crippen LogP contribution < -0.4 is 15.4 Å². The molecule has 0 atom stereocenters. The van der Waals surface area contributed by atoms with Crippen LogP contribution in [-0.2, 0) is 13.1 Å². The van der Waals surface area contributed by atoms with Gasteiger partial charge < -0.3 is 15.4 Å². The molecule has 6 nitrogen and oxygen atoms in total. The molecular formula is C20H32IN5O. The highest BCUT2D eigenvalue weighted by atomic mass is 127. The third kappa shape index (κ3) is 8.64. The van der Waals surface area contributed by atoms with Crippen LogP contribution in [0.3, 0.4) is 0 Å². The zero-order valence-electron chi connectivity index (χ0n) is 16.5. The van der Waals surface area contributed by atoms with Crippen LogP contribution in [-0.4, -0.2) is 29.8 Å². The molecule has 7 heteroatoms. The van der Waals surface area contributed by atoms with Crippen LogP contribution in [0.5, 0.6) is 5.75 Å². The summed E-state index contributed by atoms with van der Waals surface area (Å²) in [6.45, 7) is 6.38. The molecule has 0 amide bonds. The molecule has 2 aromatic rings. The number of aromatic amines is 1. The monoisotopic (exact) mass is 485 g/mol. The molecule has 0 bridgehead atoms. The van der Waals surface area contributed by atoms with Crippen molar-refractivity contribution >= 4 is 29.9 Å². The maximum atomic E-state index is 6.04. The lowest BCUT2D eigenvalue weighted by Gasteiger charge is -2.15. The Bertz CT molecular complexity index is 673. The number of unbranched alkanes of at least 4 members (excludes halogenated alkanes) is 3. The van der Waals surface area contributed by atoms with Crippen molar-refractivity contribution in [1.29, 1.82) is 0 Å². The number of rotatable bonds is 10. The van der Waals surface area contributed by atoms with Gasteiger partial charge in [0.05, 0.1) is 18.8 Å². The van der Waals surface area contributed by atoms with E-state index in [0.717, 1.165) is 36.0 Å². The van der Waals surface area contributed by atoms with Crippen LogP contribution in [0.1, 0.15) is 49.4 Å². The summed E-state index contributed by atoms with van der Waals surface area (Å²) in [7, 11) is 1.77. The number of hydrogen-bond acceptors (Lipinski definition) is 3. The molecule has 3 N–H and O–H groups in total. The first-order valence-electron chi connectivity index (χ1n) is 9.38. The van der Waals surface area contributed by atoms with E-state index in [-0.39, 0.29) is 24.0 Å². The first kappa shape index (κ1) is 23.3. The second kappa shape index (κ2) is 13.4. The van der Waals surface area contributed by atoms with E-state index in [1.165, 1.54) is 24.8 Å². The molecule has 0 unspecified atom stereocenters. The van der Waals surface area contributed by atoms with Crippen molar-refractivity contribution in [1.82, 2.24) is 20.8 Å². The smallest absolute Gasteiger partial charge is 0.191 e. The summed E-state index contributed by atoms with van der Waals surface area (Å²) in [6, 6.07) is 8.27. The van der Waals surface area contributed by atoms with E-state index in [1.807, 2.05) is 6.07 Å². The number of nitrogens with zero attached hydrogens (tertiary/aromatic N) is 2. The number of hydrogen-bond donors (Lipinski definition) is 3. The lowest BCUT2D eigenvalue weighted by molar-refractivity contribution is 0.301. The summed E-state index contributed by atoms with van der Waals surface area (Å²) in [5.74, 6) is 1.70. The van der Waals surface area contributed by atoms with E-state index in [9.17, 15) is 0 Å². The minimum atomic E-state index is 0. The van der Waals surface area contributed by atoms with Crippen LogP contribution >= 0.6 is 24.0 Å². The Morgan fingerprint density at radius 2 is 1.96 bits per heavy atom. The number of aliphatic imine (C=N–C) groups is 1. The molecule has 0 saturated carbocycles. The number of aryl methyl sites for hydroxylation is 1. The van der Waals surface area contributed by atoms with Crippen LogP contribution in [0.4, 0.5) is 0 Å². The van der Waals surface area contributed by atoms with Gasteiger partial charge in [-0.05, 0) is 31.0 Å². The van der Waals surface area contributed by atoms with Crippen LogP contribution in [0, 0.1) is 6.92 Å². The predicted octanol–water partition coefficient (Wildman–Crippen LogP) is 4.16. The molecule has 0 fully saturated rings. The number of ether oxygens (including phenoxy) is 1. The Balaban J connectivity index is 0.00000364. The van der Waals surface area contributed by atoms with E-state index in [2.05, 4.69) is 57.9 Å². The highest BCUT2D eigenvalue weighted by molar-refractivity contribution is 14.0. The second-order valence-electron chi connectivity index (χ2n) is 6.38. The van der Waals surface area contributed by atoms with Crippen molar-refractivity contribution in [2.24, 2.45) is 4.99 Å². The molecule has 150 valence electrons. The van der Waals surface area contributed by atoms with Crippen LogP contribution in [0.2, 0.25) is 0 Å². The lowest BCUT2D eigenvalue weighted by Crippen LogP contribution is -2.36. The van der Waals surface area contributed by atoms with Gasteiger partial charge in [-0.25, -0.2) is 0 Å². The fourth-order valence-corrected chi connectivity index (χ4v) is 2.61. The van der Waals surface area contributed by atoms with Crippen molar-refractivity contribution in [2.75, 3.05) is 13.7 Å². The average molecular weight is 485 g/mol. The molecule has 0 radical (unpaired) electrons. The molecule has 27 heavy (non-hydrogen) atoms. The third-order valence-corrected chi connectivity index (χ3v) is 4.15. The Labute approximate surface area is 179 Å². The lowest BCUT2D eigenvalue weighted by atomic mass is 10.1. The van der Waals surface area contributed by atoms with Gasteiger partial charge in [-0.3, -0.25) is 10.1 Å². The number of nitrogens with one attached hydrogen (secondary N) is 3. The normalized spacial score (nSPS) is 11.0. The van der Waals surface area contributed by atoms with Crippen molar-refractivity contribution in [3.05, 3.63) is 47.3 Å². The Morgan fingerprint density at radius 1 is 1.15 bits per heavy atom. The van der Waals surface area contributed by atoms with Gasteiger partial charge in [0, 0.05) is 25.4 Å². The largest absolute Gasteiger partial charge is 0.493 e. The van der Waals surface area contributed by atoms with Crippen LogP contribution in [0.25, 0.3) is 0 Å². The third-order valence-electron chi connectivity index (χ3n) is 4.15. The summed E-state index contributed by atoms with van der Waals surface area (Å²) in [4.78, 5) is 4.26. The number of halogens is 1. The maximum absolute atomic E-state index is 6.04. The topological polar surface area (TPSA) is 74.3 Å². The van der Waals surface area contributed by atoms with Crippen molar-refractivity contribution in [2.45, 2.75) is 52.6 Å². The first-order chi connectivity index (χ1) is 12.7. The van der Waals surface area contributed by atoms with Gasteiger partial charge in [0.1, 0.15) is 5.75 Å². The first-order valence-corrected chi connectivity index (χ1v) is 9.38. The van der Waals surface area contributed by atoms with E-state index >= 15 is 0 Å². The molecule has 1 aromatic heterocycles. The number of H-pyrrole nitrogens is 1. The highest BCUT2D eigenvalue weighted by Gasteiger charge is 2.06. The van der Waals surface area contributed by atoms with Gasteiger partial charge >= 0.3 is 0 Å².